The fourth-order valence-corrected chi connectivity index (χ4v) is 4.85. The molecule has 2 aromatic carbocycles. The number of carbonyl (C=O) groups excluding carboxylic acids is 3. The van der Waals surface area contributed by atoms with Crippen LogP contribution in [0.5, 0.6) is 5.75 Å². The number of hydrogen-bond acceptors (Lipinski definition) is 6. The summed E-state index contributed by atoms with van der Waals surface area (Å²) < 4.78 is 16.4. The number of hydrogen-bond donors (Lipinski definition) is 1. The summed E-state index contributed by atoms with van der Waals surface area (Å²) in [5.74, 6) is 0.0687. The normalized spacial score (nSPS) is 18.8. The van der Waals surface area contributed by atoms with E-state index in [4.69, 9.17) is 14.2 Å². The second-order valence-electron chi connectivity index (χ2n) is 9.12. The number of piperidine rings is 1. The van der Waals surface area contributed by atoms with E-state index in [0.717, 1.165) is 5.56 Å². The minimum Gasteiger partial charge on any atom is -0.497 e. The number of likely N-dealkylation sites (tertiary alicyclic amines) is 1. The molecule has 2 aliphatic heterocycles. The van der Waals surface area contributed by atoms with Gasteiger partial charge in [-0.1, -0.05) is 17.7 Å². The van der Waals surface area contributed by atoms with Crippen molar-refractivity contribution >= 4 is 17.7 Å². The van der Waals surface area contributed by atoms with E-state index in [9.17, 15) is 14.4 Å². The largest absolute Gasteiger partial charge is 0.497 e. The molecule has 3 amide bonds. The Kier molecular flexibility index (Phi) is 7.91. The fourth-order valence-electron chi connectivity index (χ4n) is 4.85. The quantitative estimate of drug-likeness (QED) is 0.592. The number of nitrogens with one attached hydrogen (secondary N) is 1. The third-order valence-electron chi connectivity index (χ3n) is 6.82. The van der Waals surface area contributed by atoms with Crippen molar-refractivity contribution in [3.63, 3.8) is 0 Å². The van der Waals surface area contributed by atoms with E-state index in [1.165, 1.54) is 0 Å². The van der Waals surface area contributed by atoms with Crippen LogP contribution in [-0.4, -0.2) is 86.4 Å². The first-order valence-electron chi connectivity index (χ1n) is 12.1. The van der Waals surface area contributed by atoms with Crippen molar-refractivity contribution in [1.82, 2.24) is 15.1 Å². The summed E-state index contributed by atoms with van der Waals surface area (Å²) in [6.45, 7) is 3.54. The molecule has 9 heteroatoms. The van der Waals surface area contributed by atoms with Crippen LogP contribution in [0.2, 0.25) is 0 Å². The molecule has 0 bridgehead atoms. The number of methoxy groups -OCH3 is 2. The van der Waals surface area contributed by atoms with Gasteiger partial charge in [-0.05, 0) is 43.3 Å². The van der Waals surface area contributed by atoms with Gasteiger partial charge in [-0.15, -0.1) is 0 Å². The highest BCUT2D eigenvalue weighted by Crippen LogP contribution is 2.39. The molecule has 192 valence electrons. The van der Waals surface area contributed by atoms with Gasteiger partial charge < -0.3 is 24.4 Å². The third-order valence-corrected chi connectivity index (χ3v) is 6.82. The lowest BCUT2D eigenvalue weighted by Crippen LogP contribution is -2.60. The number of rotatable bonds is 7. The molecule has 2 aliphatic rings. The Hall–Kier alpha value is -3.43. The highest BCUT2D eigenvalue weighted by molar-refractivity contribution is 5.99. The van der Waals surface area contributed by atoms with E-state index in [-0.39, 0.29) is 24.3 Å². The summed E-state index contributed by atoms with van der Waals surface area (Å²) >= 11 is 0. The Morgan fingerprint density at radius 1 is 1.03 bits per heavy atom. The summed E-state index contributed by atoms with van der Waals surface area (Å²) in [4.78, 5) is 43.3. The zero-order valence-electron chi connectivity index (χ0n) is 21.0. The lowest BCUT2D eigenvalue weighted by atomic mass is 9.95. The molecule has 1 spiro atoms. The average Bonchev–Trinajstić information content (AvgIpc) is 3.27. The number of aryl methyl sites for hydroxylation is 1. The standard InChI is InChI=1S/C27H33N3O6/c1-19-5-4-6-21(17-19)26(33)30-23(24(31)28-13-16-34-2)18-36-27(30)11-14-29(15-12-27)25(32)20-7-9-22(35-3)10-8-20/h4-10,17,23H,11-16,18H2,1-3H3,(H,28,31)/t23-/m0/s1. The molecule has 2 saturated heterocycles. The zero-order chi connectivity index (χ0) is 25.7. The molecular formula is C27H33N3O6. The monoisotopic (exact) mass is 495 g/mol. The maximum absolute atomic E-state index is 13.8. The van der Waals surface area contributed by atoms with Gasteiger partial charge in [0.15, 0.2) is 0 Å². The molecule has 2 fully saturated rings. The van der Waals surface area contributed by atoms with Crippen molar-refractivity contribution in [2.24, 2.45) is 0 Å². The molecule has 0 radical (unpaired) electrons. The van der Waals surface area contributed by atoms with Crippen molar-refractivity contribution < 1.29 is 28.6 Å². The number of ether oxygens (including phenoxy) is 3. The van der Waals surface area contributed by atoms with Crippen molar-refractivity contribution in [3.8, 4) is 5.75 Å². The van der Waals surface area contributed by atoms with Gasteiger partial charge in [-0.2, -0.15) is 0 Å². The minimum absolute atomic E-state index is 0.0871. The summed E-state index contributed by atoms with van der Waals surface area (Å²) in [6.07, 6.45) is 0.822. The Bertz CT molecular complexity index is 1090. The molecule has 0 aromatic heterocycles. The van der Waals surface area contributed by atoms with Crippen LogP contribution in [0.1, 0.15) is 39.1 Å². The number of carbonyl (C=O) groups is 3. The highest BCUT2D eigenvalue weighted by Gasteiger charge is 2.54. The molecule has 0 unspecified atom stereocenters. The third kappa shape index (κ3) is 5.22. The van der Waals surface area contributed by atoms with E-state index in [1.54, 1.807) is 54.4 Å². The van der Waals surface area contributed by atoms with Gasteiger partial charge in [0.1, 0.15) is 17.5 Å². The van der Waals surface area contributed by atoms with Crippen LogP contribution in [0, 0.1) is 6.92 Å². The SMILES string of the molecule is COCCNC(=O)[C@@H]1COC2(CCN(C(=O)c3ccc(OC)cc3)CC2)N1C(=O)c1cccc(C)c1. The van der Waals surface area contributed by atoms with Gasteiger partial charge in [0.05, 0.1) is 20.3 Å². The van der Waals surface area contributed by atoms with Crippen LogP contribution >= 0.6 is 0 Å². The van der Waals surface area contributed by atoms with E-state index in [0.29, 0.717) is 56.0 Å². The average molecular weight is 496 g/mol. The summed E-state index contributed by atoms with van der Waals surface area (Å²) in [6, 6.07) is 13.6. The molecule has 9 nitrogen and oxygen atoms in total. The number of amides is 3. The predicted molar refractivity (Wildman–Crippen MR) is 133 cm³/mol. The Balaban J connectivity index is 1.54. The first kappa shape index (κ1) is 25.7. The molecule has 0 saturated carbocycles. The lowest BCUT2D eigenvalue weighted by Gasteiger charge is -2.44. The van der Waals surface area contributed by atoms with Crippen molar-refractivity contribution in [2.45, 2.75) is 31.5 Å². The molecule has 2 aromatic rings. The molecule has 2 heterocycles. The zero-order valence-corrected chi connectivity index (χ0v) is 21.0. The summed E-state index contributed by atoms with van der Waals surface area (Å²) in [5, 5.41) is 2.84. The molecule has 4 rings (SSSR count). The van der Waals surface area contributed by atoms with Crippen LogP contribution in [-0.2, 0) is 14.3 Å². The van der Waals surface area contributed by atoms with Crippen LogP contribution in [0.4, 0.5) is 0 Å². The van der Waals surface area contributed by atoms with Gasteiger partial charge in [0.25, 0.3) is 11.8 Å². The fraction of sp³-hybridized carbons (Fsp3) is 0.444. The molecule has 0 aliphatic carbocycles. The molecular weight excluding hydrogens is 462 g/mol. The van der Waals surface area contributed by atoms with E-state index < -0.39 is 11.8 Å². The lowest BCUT2D eigenvalue weighted by molar-refractivity contribution is -0.128. The van der Waals surface area contributed by atoms with Crippen molar-refractivity contribution in [3.05, 3.63) is 65.2 Å². The number of benzene rings is 2. The Morgan fingerprint density at radius 2 is 1.75 bits per heavy atom. The molecule has 1 N–H and O–H groups in total. The van der Waals surface area contributed by atoms with Gasteiger partial charge in [-0.3, -0.25) is 19.3 Å². The van der Waals surface area contributed by atoms with Crippen LogP contribution in [0.25, 0.3) is 0 Å². The smallest absolute Gasteiger partial charge is 0.256 e. The topological polar surface area (TPSA) is 97.4 Å². The second kappa shape index (κ2) is 11.1. The maximum Gasteiger partial charge on any atom is 0.256 e. The van der Waals surface area contributed by atoms with Gasteiger partial charge in [0, 0.05) is 50.7 Å². The van der Waals surface area contributed by atoms with Gasteiger partial charge >= 0.3 is 0 Å². The first-order chi connectivity index (χ1) is 17.4. The minimum atomic E-state index is -0.958. The molecule has 1 atom stereocenters. The number of nitrogens with zero attached hydrogens (tertiary/aromatic N) is 2. The van der Waals surface area contributed by atoms with Gasteiger partial charge in [-0.25, -0.2) is 0 Å². The van der Waals surface area contributed by atoms with Crippen LogP contribution in [0.15, 0.2) is 48.5 Å². The Morgan fingerprint density at radius 3 is 2.39 bits per heavy atom. The summed E-state index contributed by atoms with van der Waals surface area (Å²) in [7, 11) is 3.14. The van der Waals surface area contributed by atoms with Gasteiger partial charge in [0.2, 0.25) is 5.91 Å². The second-order valence-corrected chi connectivity index (χ2v) is 9.12. The molecule has 36 heavy (non-hydrogen) atoms. The van der Waals surface area contributed by atoms with Crippen molar-refractivity contribution in [2.75, 3.05) is 47.1 Å². The van der Waals surface area contributed by atoms with Crippen LogP contribution < -0.4 is 10.1 Å². The summed E-state index contributed by atoms with van der Waals surface area (Å²) in [5.41, 5.74) is 1.07. The van der Waals surface area contributed by atoms with E-state index in [2.05, 4.69) is 5.32 Å². The first-order valence-corrected chi connectivity index (χ1v) is 12.1. The Labute approximate surface area is 211 Å². The van der Waals surface area contributed by atoms with E-state index in [1.807, 2.05) is 25.1 Å². The maximum atomic E-state index is 13.8. The highest BCUT2D eigenvalue weighted by atomic mass is 16.5. The predicted octanol–water partition coefficient (Wildman–Crippen LogP) is 2.24. The van der Waals surface area contributed by atoms with Crippen molar-refractivity contribution in [1.29, 1.82) is 0 Å². The van der Waals surface area contributed by atoms with E-state index >= 15 is 0 Å². The van der Waals surface area contributed by atoms with Crippen LogP contribution in [0.3, 0.4) is 0 Å².